The van der Waals surface area contributed by atoms with Gasteiger partial charge in [0.2, 0.25) is 0 Å². The molecular formula is C8H18O2. The summed E-state index contributed by atoms with van der Waals surface area (Å²) in [6, 6.07) is 0. The van der Waals surface area contributed by atoms with Crippen molar-refractivity contribution >= 4 is 0 Å². The van der Waals surface area contributed by atoms with Crippen LogP contribution in [-0.4, -0.2) is 24.4 Å². The first-order valence-electron chi connectivity index (χ1n) is 3.93. The number of rotatable bonds is 5. The van der Waals surface area contributed by atoms with E-state index in [0.29, 0.717) is 12.5 Å². The molecule has 0 rings (SSSR count). The van der Waals surface area contributed by atoms with Gasteiger partial charge in [-0.25, -0.2) is 0 Å². The van der Waals surface area contributed by atoms with Crippen molar-refractivity contribution in [3.8, 4) is 0 Å². The lowest BCUT2D eigenvalue weighted by molar-refractivity contribution is 0.00787. The Labute approximate surface area is 63.2 Å². The van der Waals surface area contributed by atoms with Gasteiger partial charge in [0, 0.05) is 6.61 Å². The zero-order chi connectivity index (χ0) is 7.98. The molecule has 0 heterocycles. The predicted molar refractivity (Wildman–Crippen MR) is 42.0 cm³/mol. The van der Waals surface area contributed by atoms with E-state index in [1.165, 1.54) is 0 Å². The monoisotopic (exact) mass is 146 g/mol. The number of hydrogen-bond acceptors (Lipinski definition) is 2. The largest absolute Gasteiger partial charge is 0.394 e. The van der Waals surface area contributed by atoms with Gasteiger partial charge in [0.25, 0.3) is 0 Å². The average Bonchev–Trinajstić information content (AvgIpc) is 1.86. The highest BCUT2D eigenvalue weighted by molar-refractivity contribution is 4.57. The third-order valence-corrected chi connectivity index (χ3v) is 1.34. The summed E-state index contributed by atoms with van der Waals surface area (Å²) in [7, 11) is 0. The molecular weight excluding hydrogens is 128 g/mol. The van der Waals surface area contributed by atoms with Crippen LogP contribution in [0.1, 0.15) is 27.2 Å². The molecule has 0 saturated carbocycles. The van der Waals surface area contributed by atoms with Crippen molar-refractivity contribution in [2.75, 3.05) is 13.2 Å². The van der Waals surface area contributed by atoms with E-state index in [0.717, 1.165) is 6.42 Å². The molecule has 0 spiro atoms. The fourth-order valence-electron chi connectivity index (χ4n) is 0.957. The first-order chi connectivity index (χ1) is 4.70. The molecule has 2 nitrogen and oxygen atoms in total. The summed E-state index contributed by atoms with van der Waals surface area (Å²) in [6.07, 6.45) is 0.995. The van der Waals surface area contributed by atoms with Crippen molar-refractivity contribution in [2.45, 2.75) is 33.3 Å². The average molecular weight is 146 g/mol. The van der Waals surface area contributed by atoms with Gasteiger partial charge in [-0.15, -0.1) is 0 Å². The SMILES string of the molecule is CCOC(CO)CC(C)C. The van der Waals surface area contributed by atoms with E-state index < -0.39 is 0 Å². The Hall–Kier alpha value is -0.0800. The highest BCUT2D eigenvalue weighted by Crippen LogP contribution is 2.06. The molecule has 0 saturated heterocycles. The van der Waals surface area contributed by atoms with Gasteiger partial charge in [-0.3, -0.25) is 0 Å². The first-order valence-corrected chi connectivity index (χ1v) is 3.93. The van der Waals surface area contributed by atoms with Crippen molar-refractivity contribution in [1.29, 1.82) is 0 Å². The molecule has 0 aromatic rings. The van der Waals surface area contributed by atoms with E-state index in [1.807, 2.05) is 6.92 Å². The minimum atomic E-state index is 0.0463. The topological polar surface area (TPSA) is 29.5 Å². The van der Waals surface area contributed by atoms with E-state index in [2.05, 4.69) is 13.8 Å². The van der Waals surface area contributed by atoms with Crippen LogP contribution in [0.5, 0.6) is 0 Å². The van der Waals surface area contributed by atoms with E-state index in [4.69, 9.17) is 9.84 Å². The second kappa shape index (κ2) is 5.69. The molecule has 0 aromatic heterocycles. The standard InChI is InChI=1S/C8H18O2/c1-4-10-8(6-9)5-7(2)3/h7-9H,4-6H2,1-3H3. The molecule has 0 aromatic carbocycles. The van der Waals surface area contributed by atoms with Gasteiger partial charge >= 0.3 is 0 Å². The third-order valence-electron chi connectivity index (χ3n) is 1.34. The quantitative estimate of drug-likeness (QED) is 0.635. The van der Waals surface area contributed by atoms with E-state index in [1.54, 1.807) is 0 Å². The zero-order valence-corrected chi connectivity index (χ0v) is 7.13. The molecule has 1 N–H and O–H groups in total. The zero-order valence-electron chi connectivity index (χ0n) is 7.13. The van der Waals surface area contributed by atoms with Crippen molar-refractivity contribution < 1.29 is 9.84 Å². The highest BCUT2D eigenvalue weighted by Gasteiger charge is 2.07. The Morgan fingerprint density at radius 1 is 1.40 bits per heavy atom. The maximum atomic E-state index is 8.78. The molecule has 0 bridgehead atoms. The van der Waals surface area contributed by atoms with Gasteiger partial charge in [-0.1, -0.05) is 13.8 Å². The Morgan fingerprint density at radius 3 is 2.30 bits per heavy atom. The molecule has 0 amide bonds. The fraction of sp³-hybridized carbons (Fsp3) is 1.00. The summed E-state index contributed by atoms with van der Waals surface area (Å²) >= 11 is 0. The number of hydrogen-bond donors (Lipinski definition) is 1. The lowest BCUT2D eigenvalue weighted by atomic mass is 10.1. The van der Waals surface area contributed by atoms with Crippen LogP contribution in [-0.2, 0) is 4.74 Å². The molecule has 1 atom stereocenters. The van der Waals surface area contributed by atoms with E-state index >= 15 is 0 Å². The lowest BCUT2D eigenvalue weighted by Gasteiger charge is -2.15. The van der Waals surface area contributed by atoms with Crippen LogP contribution in [0.3, 0.4) is 0 Å². The van der Waals surface area contributed by atoms with Crippen LogP contribution in [0.4, 0.5) is 0 Å². The molecule has 0 aliphatic heterocycles. The molecule has 1 unspecified atom stereocenters. The second-order valence-corrected chi connectivity index (χ2v) is 2.89. The smallest absolute Gasteiger partial charge is 0.0808 e. The summed E-state index contributed by atoms with van der Waals surface area (Å²) in [6.45, 7) is 7.04. The summed E-state index contributed by atoms with van der Waals surface area (Å²) in [5, 5.41) is 8.78. The van der Waals surface area contributed by atoms with Gasteiger partial charge in [0.1, 0.15) is 0 Å². The summed E-state index contributed by atoms with van der Waals surface area (Å²) in [4.78, 5) is 0. The first kappa shape index (κ1) is 9.92. The van der Waals surface area contributed by atoms with Crippen LogP contribution in [0.15, 0.2) is 0 Å². The lowest BCUT2D eigenvalue weighted by Crippen LogP contribution is -2.19. The fourth-order valence-corrected chi connectivity index (χ4v) is 0.957. The normalized spacial score (nSPS) is 14.1. The Kier molecular flexibility index (Phi) is 5.64. The van der Waals surface area contributed by atoms with Crippen LogP contribution in [0.2, 0.25) is 0 Å². The summed E-state index contributed by atoms with van der Waals surface area (Å²) in [5.74, 6) is 0.601. The van der Waals surface area contributed by atoms with Gasteiger partial charge in [0.05, 0.1) is 12.7 Å². The van der Waals surface area contributed by atoms with E-state index in [-0.39, 0.29) is 12.7 Å². The van der Waals surface area contributed by atoms with Crippen molar-refractivity contribution in [2.24, 2.45) is 5.92 Å². The molecule has 2 heteroatoms. The summed E-state index contributed by atoms with van der Waals surface area (Å²) in [5.41, 5.74) is 0. The number of ether oxygens (including phenoxy) is 1. The Bertz CT molecular complexity index is 71.7. The number of aliphatic hydroxyl groups excluding tert-OH is 1. The predicted octanol–water partition coefficient (Wildman–Crippen LogP) is 1.43. The van der Waals surface area contributed by atoms with Crippen molar-refractivity contribution in [3.05, 3.63) is 0 Å². The molecule has 0 aliphatic carbocycles. The number of aliphatic hydroxyl groups is 1. The van der Waals surface area contributed by atoms with Crippen molar-refractivity contribution in [3.63, 3.8) is 0 Å². The maximum Gasteiger partial charge on any atom is 0.0808 e. The molecule has 62 valence electrons. The summed E-state index contributed by atoms with van der Waals surface area (Å²) < 4.78 is 5.25. The minimum Gasteiger partial charge on any atom is -0.394 e. The molecule has 0 radical (unpaired) electrons. The molecule has 10 heavy (non-hydrogen) atoms. The maximum absolute atomic E-state index is 8.78. The second-order valence-electron chi connectivity index (χ2n) is 2.89. The van der Waals surface area contributed by atoms with E-state index in [9.17, 15) is 0 Å². The van der Waals surface area contributed by atoms with Gasteiger partial charge < -0.3 is 9.84 Å². The molecule has 0 fully saturated rings. The Balaban J connectivity index is 3.39. The minimum absolute atomic E-state index is 0.0463. The van der Waals surface area contributed by atoms with Gasteiger partial charge in [-0.05, 0) is 19.3 Å². The van der Waals surface area contributed by atoms with Crippen LogP contribution >= 0.6 is 0 Å². The van der Waals surface area contributed by atoms with Crippen LogP contribution < -0.4 is 0 Å². The Morgan fingerprint density at radius 2 is 2.00 bits per heavy atom. The van der Waals surface area contributed by atoms with Gasteiger partial charge in [0.15, 0.2) is 0 Å². The van der Waals surface area contributed by atoms with Crippen LogP contribution in [0.25, 0.3) is 0 Å². The van der Waals surface area contributed by atoms with Crippen molar-refractivity contribution in [1.82, 2.24) is 0 Å². The van der Waals surface area contributed by atoms with Gasteiger partial charge in [-0.2, -0.15) is 0 Å². The third kappa shape index (κ3) is 4.77. The van der Waals surface area contributed by atoms with Crippen LogP contribution in [0, 0.1) is 5.92 Å². The molecule has 0 aliphatic rings. The highest BCUT2D eigenvalue weighted by atomic mass is 16.5.